The monoisotopic (exact) mass is 498 g/mol. The lowest BCUT2D eigenvalue weighted by Gasteiger charge is -2.06. The van der Waals surface area contributed by atoms with E-state index in [2.05, 4.69) is 27.8 Å². The minimum absolute atomic E-state index is 0.269. The molecule has 6 nitrogen and oxygen atoms in total. The number of anilines is 2. The summed E-state index contributed by atoms with van der Waals surface area (Å²) in [6.45, 7) is 2.93. The number of rotatable bonds is 12. The third-order valence-corrected chi connectivity index (χ3v) is 6.26. The molecule has 0 atom stereocenters. The molecule has 0 unspecified atom stereocenters. The number of ether oxygens (including phenoxy) is 1. The first-order valence-electron chi connectivity index (χ1n) is 12.2. The topological polar surface area (TPSA) is 75.6 Å². The Bertz CT molecular complexity index is 1250. The van der Waals surface area contributed by atoms with E-state index in [1.54, 1.807) is 18.3 Å². The van der Waals surface area contributed by atoms with E-state index in [1.165, 1.54) is 30.6 Å². The number of hydrogen-bond acceptors (Lipinski definition) is 6. The Morgan fingerprint density at radius 1 is 0.972 bits per heavy atom. The highest BCUT2D eigenvalue weighted by Crippen LogP contribution is 2.27. The van der Waals surface area contributed by atoms with E-state index in [4.69, 9.17) is 4.74 Å². The van der Waals surface area contributed by atoms with Crippen molar-refractivity contribution >= 4 is 34.3 Å². The normalized spacial score (nSPS) is 10.9. The second-order valence-electron chi connectivity index (χ2n) is 8.28. The van der Waals surface area contributed by atoms with Gasteiger partial charge in [0, 0.05) is 22.2 Å². The van der Waals surface area contributed by atoms with Gasteiger partial charge in [-0.05, 0) is 60.5 Å². The molecule has 0 saturated heterocycles. The molecular weight excluding hydrogens is 468 g/mol. The number of thiazole rings is 1. The molecule has 7 heteroatoms. The molecule has 0 fully saturated rings. The predicted molar refractivity (Wildman–Crippen MR) is 148 cm³/mol. The van der Waals surface area contributed by atoms with Crippen LogP contribution in [0.2, 0.25) is 0 Å². The first-order chi connectivity index (χ1) is 17.7. The van der Waals surface area contributed by atoms with Crippen LogP contribution in [0.4, 0.5) is 10.8 Å². The average molecular weight is 499 g/mol. The van der Waals surface area contributed by atoms with Crippen LogP contribution in [0.15, 0.2) is 89.3 Å². The Morgan fingerprint density at radius 2 is 1.75 bits per heavy atom. The third kappa shape index (κ3) is 7.52. The summed E-state index contributed by atoms with van der Waals surface area (Å²) >= 11 is 1.54. The number of para-hydroxylation sites is 1. The molecule has 1 amide bonds. The Morgan fingerprint density at radius 3 is 2.50 bits per heavy atom. The van der Waals surface area contributed by atoms with Gasteiger partial charge in [-0.2, -0.15) is 5.10 Å². The van der Waals surface area contributed by atoms with Gasteiger partial charge in [0.05, 0.1) is 18.5 Å². The lowest BCUT2D eigenvalue weighted by atomic mass is 10.1. The SMILES string of the molecule is CCCCCCOc1ccc(/C=N/NC(=O)c2ccc(-c3csc(Nc4ccccc4)n3)cc2)cc1. The van der Waals surface area contributed by atoms with Crippen LogP contribution in [0, 0.1) is 0 Å². The van der Waals surface area contributed by atoms with Crippen molar-refractivity contribution in [1.29, 1.82) is 0 Å². The van der Waals surface area contributed by atoms with Gasteiger partial charge in [0.25, 0.3) is 5.91 Å². The zero-order chi connectivity index (χ0) is 25.0. The van der Waals surface area contributed by atoms with E-state index in [-0.39, 0.29) is 5.91 Å². The molecule has 2 N–H and O–H groups in total. The van der Waals surface area contributed by atoms with E-state index >= 15 is 0 Å². The fourth-order valence-corrected chi connectivity index (χ4v) is 4.24. The molecule has 36 heavy (non-hydrogen) atoms. The zero-order valence-corrected chi connectivity index (χ0v) is 21.1. The minimum atomic E-state index is -0.269. The predicted octanol–water partition coefficient (Wildman–Crippen LogP) is 7.28. The number of carbonyl (C=O) groups excluding carboxylic acids is 1. The van der Waals surface area contributed by atoms with Gasteiger partial charge in [-0.15, -0.1) is 11.3 Å². The number of aromatic nitrogens is 1. The Labute approximate surface area is 216 Å². The lowest BCUT2D eigenvalue weighted by molar-refractivity contribution is 0.0955. The number of benzene rings is 3. The summed E-state index contributed by atoms with van der Waals surface area (Å²) in [5.41, 5.74) is 6.79. The molecule has 0 spiro atoms. The number of amides is 1. The van der Waals surface area contributed by atoms with Crippen LogP contribution in [-0.2, 0) is 0 Å². The standard InChI is InChI=1S/C29H30N4O2S/c1-2-3-4-8-19-35-26-17-11-22(12-18-26)20-30-33-28(34)24-15-13-23(14-16-24)27-21-36-29(32-27)31-25-9-6-5-7-10-25/h5-7,9-18,20-21H,2-4,8,19H2,1H3,(H,31,32)(H,33,34)/b30-20+. The van der Waals surface area contributed by atoms with Crippen molar-refractivity contribution in [2.45, 2.75) is 32.6 Å². The van der Waals surface area contributed by atoms with E-state index < -0.39 is 0 Å². The van der Waals surface area contributed by atoms with Crippen LogP contribution in [0.3, 0.4) is 0 Å². The molecule has 0 aliphatic carbocycles. The number of hydrazone groups is 1. The molecule has 4 aromatic rings. The summed E-state index contributed by atoms with van der Waals surface area (Å²) in [5, 5.41) is 10.2. The molecule has 0 radical (unpaired) electrons. The number of carbonyl (C=O) groups is 1. The molecule has 0 saturated carbocycles. The molecule has 0 bridgehead atoms. The minimum Gasteiger partial charge on any atom is -0.494 e. The van der Waals surface area contributed by atoms with Crippen molar-refractivity contribution in [1.82, 2.24) is 10.4 Å². The highest BCUT2D eigenvalue weighted by Gasteiger charge is 2.08. The van der Waals surface area contributed by atoms with E-state index in [1.807, 2.05) is 72.1 Å². The summed E-state index contributed by atoms with van der Waals surface area (Å²) in [6, 6.07) is 24.9. The van der Waals surface area contributed by atoms with Gasteiger partial charge in [-0.3, -0.25) is 4.79 Å². The van der Waals surface area contributed by atoms with Crippen LogP contribution in [-0.4, -0.2) is 23.7 Å². The number of hydrogen-bond donors (Lipinski definition) is 2. The summed E-state index contributed by atoms with van der Waals surface area (Å²) in [5.74, 6) is 0.574. The first-order valence-corrected chi connectivity index (χ1v) is 13.0. The molecule has 0 aliphatic heterocycles. The third-order valence-electron chi connectivity index (χ3n) is 5.50. The van der Waals surface area contributed by atoms with Gasteiger partial charge in [0.2, 0.25) is 0 Å². The summed E-state index contributed by atoms with van der Waals surface area (Å²) < 4.78 is 5.76. The molecule has 184 valence electrons. The lowest BCUT2D eigenvalue weighted by Crippen LogP contribution is -2.17. The molecular formula is C29H30N4O2S. The maximum atomic E-state index is 12.5. The van der Waals surface area contributed by atoms with Gasteiger partial charge < -0.3 is 10.1 Å². The van der Waals surface area contributed by atoms with Crippen molar-refractivity contribution < 1.29 is 9.53 Å². The van der Waals surface area contributed by atoms with Crippen molar-refractivity contribution in [3.05, 3.63) is 95.4 Å². The molecule has 1 heterocycles. The first kappa shape index (κ1) is 25.1. The fourth-order valence-electron chi connectivity index (χ4n) is 3.50. The molecule has 1 aromatic heterocycles. The second-order valence-corrected chi connectivity index (χ2v) is 9.14. The highest BCUT2D eigenvalue weighted by molar-refractivity contribution is 7.14. The Balaban J connectivity index is 1.25. The van der Waals surface area contributed by atoms with Crippen LogP contribution in [0.5, 0.6) is 5.75 Å². The number of unbranched alkanes of at least 4 members (excludes halogenated alkanes) is 3. The molecule has 4 rings (SSSR count). The second kappa shape index (κ2) is 13.2. The summed E-state index contributed by atoms with van der Waals surface area (Å²) in [6.07, 6.45) is 6.35. The van der Waals surface area contributed by atoms with Crippen LogP contribution in [0.1, 0.15) is 48.5 Å². The van der Waals surface area contributed by atoms with Gasteiger partial charge in [-0.1, -0.05) is 56.5 Å². The number of nitrogens with one attached hydrogen (secondary N) is 2. The van der Waals surface area contributed by atoms with Crippen molar-refractivity contribution in [3.63, 3.8) is 0 Å². The maximum Gasteiger partial charge on any atom is 0.271 e. The van der Waals surface area contributed by atoms with Crippen molar-refractivity contribution in [2.75, 3.05) is 11.9 Å². The van der Waals surface area contributed by atoms with Crippen molar-refractivity contribution in [3.8, 4) is 17.0 Å². The summed E-state index contributed by atoms with van der Waals surface area (Å²) in [4.78, 5) is 17.1. The average Bonchev–Trinajstić information content (AvgIpc) is 3.38. The van der Waals surface area contributed by atoms with Gasteiger partial charge in [-0.25, -0.2) is 10.4 Å². The quantitative estimate of drug-likeness (QED) is 0.122. The van der Waals surface area contributed by atoms with E-state index in [0.29, 0.717) is 5.56 Å². The van der Waals surface area contributed by atoms with Gasteiger partial charge in [0.1, 0.15) is 5.75 Å². The largest absolute Gasteiger partial charge is 0.494 e. The van der Waals surface area contributed by atoms with Gasteiger partial charge >= 0.3 is 0 Å². The van der Waals surface area contributed by atoms with Crippen LogP contribution >= 0.6 is 11.3 Å². The van der Waals surface area contributed by atoms with Crippen molar-refractivity contribution in [2.24, 2.45) is 5.10 Å². The summed E-state index contributed by atoms with van der Waals surface area (Å²) in [7, 11) is 0. The van der Waals surface area contributed by atoms with Crippen LogP contribution < -0.4 is 15.5 Å². The number of nitrogens with zero attached hydrogens (tertiary/aromatic N) is 2. The smallest absolute Gasteiger partial charge is 0.271 e. The zero-order valence-electron chi connectivity index (χ0n) is 20.3. The van der Waals surface area contributed by atoms with Crippen LogP contribution in [0.25, 0.3) is 11.3 Å². The van der Waals surface area contributed by atoms with E-state index in [0.717, 1.165) is 46.4 Å². The Hall–Kier alpha value is -3.97. The molecule has 0 aliphatic rings. The Kier molecular flexibility index (Phi) is 9.22. The maximum absolute atomic E-state index is 12.5. The molecule has 3 aromatic carbocycles. The van der Waals surface area contributed by atoms with E-state index in [9.17, 15) is 4.79 Å². The van der Waals surface area contributed by atoms with Gasteiger partial charge in [0.15, 0.2) is 5.13 Å². The fraction of sp³-hybridized carbons (Fsp3) is 0.207. The highest BCUT2D eigenvalue weighted by atomic mass is 32.1.